The van der Waals surface area contributed by atoms with Gasteiger partial charge in [-0.15, -0.1) is 10.2 Å². The number of hydrogen-bond acceptors (Lipinski definition) is 5. The molecule has 7 nitrogen and oxygen atoms in total. The first kappa shape index (κ1) is 14.6. The predicted molar refractivity (Wildman–Crippen MR) is 93.2 cm³/mol. The summed E-state index contributed by atoms with van der Waals surface area (Å²) in [6.07, 6.45) is 2.45. The van der Waals surface area contributed by atoms with E-state index in [0.29, 0.717) is 0 Å². The fraction of sp³-hybridized carbons (Fsp3) is 0.294. The van der Waals surface area contributed by atoms with Crippen molar-refractivity contribution in [1.82, 2.24) is 29.4 Å². The monoisotopic (exact) mass is 321 g/mol. The van der Waals surface area contributed by atoms with Crippen molar-refractivity contribution in [1.29, 1.82) is 0 Å². The smallest absolute Gasteiger partial charge is 0.200 e. The molecule has 0 fully saturated rings. The lowest BCUT2D eigenvalue weighted by Crippen LogP contribution is -2.12. The molecule has 122 valence electrons. The zero-order valence-corrected chi connectivity index (χ0v) is 14.0. The van der Waals surface area contributed by atoms with Crippen molar-refractivity contribution in [2.75, 3.05) is 11.9 Å². The fourth-order valence-corrected chi connectivity index (χ4v) is 2.98. The van der Waals surface area contributed by atoms with Gasteiger partial charge in [-0.05, 0) is 31.5 Å². The summed E-state index contributed by atoms with van der Waals surface area (Å²) in [5.74, 6) is 1.06. The average Bonchev–Trinajstić information content (AvgIpc) is 3.16. The van der Waals surface area contributed by atoms with Crippen molar-refractivity contribution in [3.63, 3.8) is 0 Å². The number of fused-ring (bicyclic) bond motifs is 2. The zero-order valence-electron chi connectivity index (χ0n) is 14.0. The van der Waals surface area contributed by atoms with E-state index in [1.165, 1.54) is 0 Å². The van der Waals surface area contributed by atoms with E-state index in [0.717, 1.165) is 52.4 Å². The molecule has 1 N–H and O–H groups in total. The first-order chi connectivity index (χ1) is 11.6. The summed E-state index contributed by atoms with van der Waals surface area (Å²) in [6, 6.07) is 8.19. The van der Waals surface area contributed by atoms with Crippen LogP contribution >= 0.6 is 0 Å². The molecule has 0 saturated carbocycles. The molecule has 0 saturated heterocycles. The molecule has 0 unspecified atom stereocenters. The number of nitrogens with one attached hydrogen (secondary N) is 1. The molecule has 0 aliphatic heterocycles. The molecule has 4 rings (SSSR count). The van der Waals surface area contributed by atoms with E-state index in [2.05, 4.69) is 45.2 Å². The van der Waals surface area contributed by atoms with Crippen molar-refractivity contribution in [3.8, 4) is 0 Å². The van der Waals surface area contributed by atoms with Crippen LogP contribution < -0.4 is 5.32 Å². The van der Waals surface area contributed by atoms with Crippen LogP contribution in [-0.4, -0.2) is 35.9 Å². The van der Waals surface area contributed by atoms with Crippen molar-refractivity contribution in [2.45, 2.75) is 20.3 Å². The summed E-state index contributed by atoms with van der Waals surface area (Å²) < 4.78 is 3.86. The molecule has 0 radical (unpaired) electrons. The van der Waals surface area contributed by atoms with Crippen LogP contribution in [0.2, 0.25) is 0 Å². The predicted octanol–water partition coefficient (Wildman–Crippen LogP) is 2.28. The van der Waals surface area contributed by atoms with E-state index in [1.54, 1.807) is 10.8 Å². The van der Waals surface area contributed by atoms with E-state index < -0.39 is 0 Å². The van der Waals surface area contributed by atoms with Crippen molar-refractivity contribution in [3.05, 3.63) is 47.7 Å². The van der Waals surface area contributed by atoms with Crippen molar-refractivity contribution in [2.24, 2.45) is 7.05 Å². The van der Waals surface area contributed by atoms with Gasteiger partial charge in [-0.25, -0.2) is 4.98 Å². The van der Waals surface area contributed by atoms with Gasteiger partial charge < -0.3 is 9.88 Å². The lowest BCUT2D eigenvalue weighted by Gasteiger charge is -2.12. The van der Waals surface area contributed by atoms with Gasteiger partial charge in [-0.1, -0.05) is 12.1 Å². The van der Waals surface area contributed by atoms with Crippen LogP contribution in [0.25, 0.3) is 16.7 Å². The third-order valence-corrected chi connectivity index (χ3v) is 4.46. The van der Waals surface area contributed by atoms with Gasteiger partial charge in [-0.2, -0.15) is 9.61 Å². The third kappa shape index (κ3) is 2.29. The largest absolute Gasteiger partial charge is 0.381 e. The first-order valence-electron chi connectivity index (χ1n) is 7.96. The molecule has 0 spiro atoms. The standard InChI is InChI=1S/C17H19N7/c1-11-12(2)22-24-10-19-21-17(24)16(11)18-9-8-15-20-13-6-4-5-7-14(13)23(15)3/h4-7,10,18H,8-9H2,1-3H3. The maximum Gasteiger partial charge on any atom is 0.200 e. The molecule has 3 aromatic heterocycles. The van der Waals surface area contributed by atoms with Crippen LogP contribution in [-0.2, 0) is 13.5 Å². The summed E-state index contributed by atoms with van der Waals surface area (Å²) in [7, 11) is 2.06. The Morgan fingerprint density at radius 3 is 2.83 bits per heavy atom. The van der Waals surface area contributed by atoms with E-state index in [9.17, 15) is 0 Å². The summed E-state index contributed by atoms with van der Waals surface area (Å²) >= 11 is 0. The molecule has 1 aromatic carbocycles. The first-order valence-corrected chi connectivity index (χ1v) is 7.96. The number of rotatable bonds is 4. The highest BCUT2D eigenvalue weighted by molar-refractivity contribution is 5.75. The third-order valence-electron chi connectivity index (χ3n) is 4.46. The van der Waals surface area contributed by atoms with Gasteiger partial charge in [0.15, 0.2) is 0 Å². The maximum atomic E-state index is 4.71. The molecule has 0 amide bonds. The summed E-state index contributed by atoms with van der Waals surface area (Å²) in [5.41, 5.74) is 5.99. The summed E-state index contributed by atoms with van der Waals surface area (Å²) in [6.45, 7) is 4.81. The quantitative estimate of drug-likeness (QED) is 0.624. The van der Waals surface area contributed by atoms with Crippen LogP contribution in [0.3, 0.4) is 0 Å². The highest BCUT2D eigenvalue weighted by Gasteiger charge is 2.12. The number of anilines is 1. The number of benzene rings is 1. The Balaban J connectivity index is 1.58. The van der Waals surface area contributed by atoms with Crippen LogP contribution in [0.5, 0.6) is 0 Å². The normalized spacial score (nSPS) is 11.5. The lowest BCUT2D eigenvalue weighted by atomic mass is 10.2. The number of aromatic nitrogens is 6. The molecule has 0 aliphatic carbocycles. The number of aryl methyl sites for hydroxylation is 2. The second-order valence-electron chi connectivity index (χ2n) is 5.94. The molecule has 3 heterocycles. The Hall–Kier alpha value is -2.96. The highest BCUT2D eigenvalue weighted by Crippen LogP contribution is 2.21. The summed E-state index contributed by atoms with van der Waals surface area (Å²) in [5, 5.41) is 16.0. The molecule has 7 heteroatoms. The van der Waals surface area contributed by atoms with Gasteiger partial charge >= 0.3 is 0 Å². The molecule has 24 heavy (non-hydrogen) atoms. The Bertz CT molecular complexity index is 1030. The number of para-hydroxylation sites is 2. The van der Waals surface area contributed by atoms with E-state index >= 15 is 0 Å². The minimum Gasteiger partial charge on any atom is -0.381 e. The van der Waals surface area contributed by atoms with Gasteiger partial charge in [0.05, 0.1) is 22.4 Å². The Kier molecular flexibility index (Phi) is 3.41. The van der Waals surface area contributed by atoms with Crippen molar-refractivity contribution < 1.29 is 0 Å². The van der Waals surface area contributed by atoms with Gasteiger partial charge in [0.2, 0.25) is 5.65 Å². The topological polar surface area (TPSA) is 72.9 Å². The zero-order chi connectivity index (χ0) is 16.7. The summed E-state index contributed by atoms with van der Waals surface area (Å²) in [4.78, 5) is 4.71. The second-order valence-corrected chi connectivity index (χ2v) is 5.94. The Morgan fingerprint density at radius 2 is 2.00 bits per heavy atom. The molecule has 0 aliphatic rings. The molecular weight excluding hydrogens is 302 g/mol. The Morgan fingerprint density at radius 1 is 1.17 bits per heavy atom. The molecule has 0 atom stereocenters. The number of hydrogen-bond donors (Lipinski definition) is 1. The van der Waals surface area contributed by atoms with Crippen LogP contribution in [0, 0.1) is 13.8 Å². The van der Waals surface area contributed by atoms with Gasteiger partial charge in [0.1, 0.15) is 12.2 Å². The van der Waals surface area contributed by atoms with E-state index in [1.807, 2.05) is 25.1 Å². The average molecular weight is 321 g/mol. The fourth-order valence-electron chi connectivity index (χ4n) is 2.98. The second kappa shape index (κ2) is 5.59. The minimum atomic E-state index is 0.753. The van der Waals surface area contributed by atoms with Gasteiger partial charge in [0, 0.05) is 20.0 Å². The highest BCUT2D eigenvalue weighted by atomic mass is 15.3. The van der Waals surface area contributed by atoms with Crippen molar-refractivity contribution >= 4 is 22.4 Å². The Labute approximate surface area is 139 Å². The molecular formula is C17H19N7. The lowest BCUT2D eigenvalue weighted by molar-refractivity contribution is 0.806. The van der Waals surface area contributed by atoms with Crippen LogP contribution in [0.4, 0.5) is 5.69 Å². The molecule has 0 bridgehead atoms. The molecule has 4 aromatic rings. The van der Waals surface area contributed by atoms with E-state index in [-0.39, 0.29) is 0 Å². The number of nitrogens with zero attached hydrogens (tertiary/aromatic N) is 6. The van der Waals surface area contributed by atoms with Crippen LogP contribution in [0.1, 0.15) is 17.1 Å². The van der Waals surface area contributed by atoms with E-state index in [4.69, 9.17) is 4.98 Å². The van der Waals surface area contributed by atoms with Crippen LogP contribution in [0.15, 0.2) is 30.6 Å². The minimum absolute atomic E-state index is 0.753. The van der Waals surface area contributed by atoms with Gasteiger partial charge in [-0.3, -0.25) is 0 Å². The maximum absolute atomic E-state index is 4.71. The SMILES string of the molecule is Cc1nn2cnnc2c(NCCc2nc3ccccc3n2C)c1C. The number of imidazole rings is 1. The van der Waals surface area contributed by atoms with Gasteiger partial charge in [0.25, 0.3) is 0 Å².